The Balaban J connectivity index is 1.02. The number of amides is 2. The van der Waals surface area contributed by atoms with Crippen molar-refractivity contribution in [1.82, 2.24) is 39.7 Å². The summed E-state index contributed by atoms with van der Waals surface area (Å²) in [7, 11) is 0. The number of carboxylic acid groups (broad SMARTS) is 1. The third-order valence-electron chi connectivity index (χ3n) is 9.36. The van der Waals surface area contributed by atoms with Crippen LogP contribution in [0.15, 0.2) is 79.4 Å². The average molecular weight is 646 g/mol. The Morgan fingerprint density at radius 3 is 1.73 bits per heavy atom. The van der Waals surface area contributed by atoms with Gasteiger partial charge in [-0.25, -0.2) is 24.7 Å². The average Bonchev–Trinajstić information content (AvgIpc) is 3.94. The van der Waals surface area contributed by atoms with Crippen LogP contribution in [0, 0.1) is 5.92 Å². The fourth-order valence-corrected chi connectivity index (χ4v) is 6.79. The van der Waals surface area contributed by atoms with Crippen molar-refractivity contribution in [3.05, 3.63) is 91.0 Å². The minimum absolute atomic E-state index is 0.0277. The van der Waals surface area contributed by atoms with Crippen molar-refractivity contribution in [2.45, 2.75) is 57.7 Å². The van der Waals surface area contributed by atoms with Crippen molar-refractivity contribution in [3.63, 3.8) is 0 Å². The smallest absolute Gasteiger partial charge is 0.407 e. The second kappa shape index (κ2) is 13.3. The maximum atomic E-state index is 13.8. The van der Waals surface area contributed by atoms with Gasteiger partial charge in [-0.2, -0.15) is 0 Å². The lowest BCUT2D eigenvalue weighted by atomic mass is 10.0. The molecule has 0 radical (unpaired) electrons. The highest BCUT2D eigenvalue weighted by Crippen LogP contribution is 2.34. The van der Waals surface area contributed by atoms with Crippen LogP contribution in [-0.4, -0.2) is 75.9 Å². The van der Waals surface area contributed by atoms with Crippen LogP contribution in [0.25, 0.3) is 33.6 Å². The van der Waals surface area contributed by atoms with Crippen LogP contribution >= 0.6 is 0 Å². The number of carbonyl (C=O) groups excluding carboxylic acids is 1. The molecule has 12 nitrogen and oxygen atoms in total. The summed E-state index contributed by atoms with van der Waals surface area (Å²) in [5.74, 6) is 2.01. The topological polar surface area (TPSA) is 156 Å². The lowest BCUT2D eigenvalue weighted by Crippen LogP contribution is -2.45. The number of H-pyrrole nitrogens is 2. The maximum absolute atomic E-state index is 13.8. The number of hydrogen-bond acceptors (Lipinski definition) is 7. The first-order valence-electron chi connectivity index (χ1n) is 16.5. The van der Waals surface area contributed by atoms with Crippen LogP contribution in [0.1, 0.15) is 63.3 Å². The third-order valence-corrected chi connectivity index (χ3v) is 9.36. The number of rotatable bonds is 9. The molecular weight excluding hydrogens is 606 g/mol. The Labute approximate surface area is 278 Å². The summed E-state index contributed by atoms with van der Waals surface area (Å²) in [5, 5.41) is 12.7. The van der Waals surface area contributed by atoms with Gasteiger partial charge in [-0.1, -0.05) is 62.4 Å². The van der Waals surface area contributed by atoms with E-state index in [1.54, 1.807) is 24.7 Å². The van der Waals surface area contributed by atoms with Gasteiger partial charge in [-0.3, -0.25) is 9.69 Å². The van der Waals surface area contributed by atoms with Crippen molar-refractivity contribution >= 4 is 17.9 Å². The van der Waals surface area contributed by atoms with E-state index in [2.05, 4.69) is 66.6 Å². The van der Waals surface area contributed by atoms with Crippen molar-refractivity contribution < 1.29 is 14.7 Å². The lowest BCUT2D eigenvalue weighted by molar-refractivity contribution is -0.134. The predicted octanol–water partition coefficient (Wildman–Crippen LogP) is 6.54. The summed E-state index contributed by atoms with van der Waals surface area (Å²) in [6.45, 7) is 5.26. The highest BCUT2D eigenvalue weighted by atomic mass is 16.4. The Morgan fingerprint density at radius 1 is 0.750 bits per heavy atom. The summed E-state index contributed by atoms with van der Waals surface area (Å²) in [6.07, 6.45) is 9.41. The van der Waals surface area contributed by atoms with E-state index in [1.807, 2.05) is 37.1 Å². The number of hydrogen-bond donors (Lipinski definition) is 4. The van der Waals surface area contributed by atoms with Gasteiger partial charge in [-0.15, -0.1) is 0 Å². The summed E-state index contributed by atoms with van der Waals surface area (Å²) in [6, 6.07) is 17.6. The number of nitrogens with zero attached hydrogens (tertiary/aromatic N) is 6. The van der Waals surface area contributed by atoms with Crippen molar-refractivity contribution in [2.75, 3.05) is 18.4 Å². The van der Waals surface area contributed by atoms with Gasteiger partial charge in [0.15, 0.2) is 0 Å². The minimum Gasteiger partial charge on any atom is -0.465 e. The van der Waals surface area contributed by atoms with Crippen LogP contribution < -0.4 is 5.32 Å². The molecule has 7 rings (SSSR count). The molecule has 0 bridgehead atoms. The van der Waals surface area contributed by atoms with Crippen molar-refractivity contribution in [2.24, 2.45) is 5.92 Å². The molecule has 0 spiro atoms. The Hall–Kier alpha value is -5.52. The summed E-state index contributed by atoms with van der Waals surface area (Å²) in [5.41, 5.74) is 5.93. The standard InChI is InChI=1S/C36H39N9O3/c1-22(2)31(43-35-37-16-5-17-38-35)34(46)44-18-3-6-29(44)32-39-20-27(41-32)25-12-8-23(9-13-25)24-10-14-26(15-11-24)28-21-40-33(42-28)30-7-4-19-45(30)36(47)48/h5,8-17,20-22,29-31H,3-4,6-7,18-19H2,1-2H3,(H,39,41)(H,40,42)(H,47,48)(H,37,38,43). The molecule has 2 amide bonds. The van der Waals surface area contributed by atoms with Crippen LogP contribution in [0.4, 0.5) is 10.7 Å². The maximum Gasteiger partial charge on any atom is 0.407 e. The predicted molar refractivity (Wildman–Crippen MR) is 182 cm³/mol. The molecule has 3 aromatic heterocycles. The molecule has 0 aliphatic carbocycles. The molecular formula is C36H39N9O3. The van der Waals surface area contributed by atoms with Crippen LogP contribution in [-0.2, 0) is 4.79 Å². The zero-order valence-corrected chi connectivity index (χ0v) is 27.0. The fraction of sp³-hybridized carbons (Fsp3) is 0.333. The SMILES string of the molecule is CC(C)C(Nc1ncccn1)C(=O)N1CCCC1c1ncc(-c2ccc(-c3ccc(-c4cnc(C5CCCN5C(=O)O)[nH]4)cc3)cc2)[nH]1. The van der Waals surface area contributed by atoms with E-state index in [-0.39, 0.29) is 23.9 Å². The number of benzene rings is 2. The van der Waals surface area contributed by atoms with E-state index < -0.39 is 12.1 Å². The molecule has 5 aromatic rings. The summed E-state index contributed by atoms with van der Waals surface area (Å²) >= 11 is 0. The van der Waals surface area contributed by atoms with E-state index in [9.17, 15) is 14.7 Å². The van der Waals surface area contributed by atoms with Gasteiger partial charge in [0, 0.05) is 25.5 Å². The van der Waals surface area contributed by atoms with Crippen LogP contribution in [0.2, 0.25) is 0 Å². The van der Waals surface area contributed by atoms with Gasteiger partial charge in [0.25, 0.3) is 0 Å². The molecule has 246 valence electrons. The van der Waals surface area contributed by atoms with Crippen molar-refractivity contribution in [1.29, 1.82) is 0 Å². The second-order valence-electron chi connectivity index (χ2n) is 12.8. The molecule has 0 saturated carbocycles. The quantitative estimate of drug-likeness (QED) is 0.141. The lowest BCUT2D eigenvalue weighted by Gasteiger charge is -2.30. The van der Waals surface area contributed by atoms with Crippen molar-refractivity contribution in [3.8, 4) is 33.6 Å². The molecule has 4 N–H and O–H groups in total. The minimum atomic E-state index is -0.908. The number of nitrogens with one attached hydrogen (secondary N) is 3. The van der Waals surface area contributed by atoms with E-state index >= 15 is 0 Å². The molecule has 3 unspecified atom stereocenters. The van der Waals surface area contributed by atoms with Gasteiger partial charge in [-0.05, 0) is 59.9 Å². The molecule has 48 heavy (non-hydrogen) atoms. The van der Waals surface area contributed by atoms with Gasteiger partial charge in [0.05, 0.1) is 35.9 Å². The first-order valence-corrected chi connectivity index (χ1v) is 16.5. The molecule has 5 heterocycles. The number of imidazole rings is 2. The number of aromatic amines is 2. The van der Waals surface area contributed by atoms with Gasteiger partial charge >= 0.3 is 6.09 Å². The van der Waals surface area contributed by atoms with Crippen LogP contribution in [0.5, 0.6) is 0 Å². The fourth-order valence-electron chi connectivity index (χ4n) is 6.79. The first kappa shape index (κ1) is 31.1. The zero-order chi connectivity index (χ0) is 33.2. The first-order chi connectivity index (χ1) is 23.4. The van der Waals surface area contributed by atoms with Gasteiger partial charge < -0.3 is 25.3 Å². The van der Waals surface area contributed by atoms with E-state index in [0.29, 0.717) is 24.9 Å². The number of anilines is 1. The second-order valence-corrected chi connectivity index (χ2v) is 12.8. The molecule has 2 saturated heterocycles. The zero-order valence-electron chi connectivity index (χ0n) is 27.0. The van der Waals surface area contributed by atoms with E-state index in [4.69, 9.17) is 4.98 Å². The molecule has 2 fully saturated rings. The van der Waals surface area contributed by atoms with Gasteiger partial charge in [0.1, 0.15) is 17.7 Å². The Bertz CT molecular complexity index is 1870. The normalized spacial score (nSPS) is 18.4. The Morgan fingerprint density at radius 2 is 1.23 bits per heavy atom. The number of likely N-dealkylation sites (tertiary alicyclic amines) is 2. The number of aromatic nitrogens is 6. The highest BCUT2D eigenvalue weighted by molar-refractivity contribution is 5.85. The molecule has 12 heteroatoms. The molecule has 2 aliphatic heterocycles. The molecule has 3 atom stereocenters. The summed E-state index contributed by atoms with van der Waals surface area (Å²) in [4.78, 5) is 53.3. The van der Waals surface area contributed by atoms with Crippen LogP contribution in [0.3, 0.4) is 0 Å². The number of carbonyl (C=O) groups is 2. The molecule has 2 aliphatic rings. The Kier molecular flexibility index (Phi) is 8.62. The van der Waals surface area contributed by atoms with Gasteiger partial charge in [0.2, 0.25) is 11.9 Å². The summed E-state index contributed by atoms with van der Waals surface area (Å²) < 4.78 is 0. The van der Waals surface area contributed by atoms with E-state index in [1.165, 1.54) is 4.90 Å². The van der Waals surface area contributed by atoms with E-state index in [0.717, 1.165) is 65.1 Å². The highest BCUT2D eigenvalue weighted by Gasteiger charge is 2.37. The molecule has 2 aromatic carbocycles. The third kappa shape index (κ3) is 6.25. The monoisotopic (exact) mass is 645 g/mol. The largest absolute Gasteiger partial charge is 0.465 e.